The molecule has 1 unspecified atom stereocenters. The summed E-state index contributed by atoms with van der Waals surface area (Å²) in [6.45, 7) is 5.60. The Hall–Kier alpha value is -4.72. The summed E-state index contributed by atoms with van der Waals surface area (Å²) < 4.78 is 39.9. The standard InChI is InChI=1S/C40H49N5O8S/c1-5-26-21-40(26,39(49)44-54(50,51)29-14-15-29)43-37(47)33-19-28(22-45(33)38(48)36(23(2)3)42-35(46)17-24-11-12-24)53-34-20-31(25-9-7-6-8-10-25)41-32-18-27(52-4)13-16-30(32)34/h6-10,13,16,18,20,23-24,26,28-29,33,36H,5,11-12,14-15,17,19,21-22H2,1-4H3,(H,42,46)(H,43,47)(H,44,49)/t26?,28-,33+,36+,40-/m1/s1. The first kappa shape index (κ1) is 37.6. The van der Waals surface area contributed by atoms with Crippen molar-refractivity contribution in [3.8, 4) is 22.8 Å². The number of aromatic nitrogens is 1. The van der Waals surface area contributed by atoms with Gasteiger partial charge in [-0.05, 0) is 62.0 Å². The molecule has 0 spiro atoms. The fourth-order valence-corrected chi connectivity index (χ4v) is 8.88. The lowest BCUT2D eigenvalue weighted by molar-refractivity contribution is -0.143. The number of carbonyl (C=O) groups is 4. The Morgan fingerprint density at radius 3 is 2.39 bits per heavy atom. The number of benzene rings is 2. The minimum atomic E-state index is -3.85. The number of amides is 4. The van der Waals surface area contributed by atoms with Crippen LogP contribution in [0.5, 0.6) is 11.5 Å². The number of nitrogens with one attached hydrogen (secondary N) is 3. The number of carbonyl (C=O) groups excluding carboxylic acids is 4. The number of ether oxygens (including phenoxy) is 2. The van der Waals surface area contributed by atoms with Crippen LogP contribution in [0.3, 0.4) is 0 Å². The largest absolute Gasteiger partial charge is 0.497 e. The molecule has 0 bridgehead atoms. The van der Waals surface area contributed by atoms with Crippen molar-refractivity contribution in [2.75, 3.05) is 13.7 Å². The Morgan fingerprint density at radius 1 is 1.02 bits per heavy atom. The van der Waals surface area contributed by atoms with Gasteiger partial charge in [-0.2, -0.15) is 0 Å². The zero-order chi connectivity index (χ0) is 38.4. The van der Waals surface area contributed by atoms with Crippen molar-refractivity contribution in [3.05, 3.63) is 54.6 Å². The summed E-state index contributed by atoms with van der Waals surface area (Å²) in [7, 11) is -2.27. The molecule has 2 aromatic carbocycles. The Balaban J connectivity index is 1.19. The third-order valence-electron chi connectivity index (χ3n) is 11.2. The number of nitrogens with zero attached hydrogens (tertiary/aromatic N) is 2. The predicted molar refractivity (Wildman–Crippen MR) is 202 cm³/mol. The number of rotatable bonds is 15. The second kappa shape index (κ2) is 14.8. The summed E-state index contributed by atoms with van der Waals surface area (Å²) in [5, 5.41) is 5.94. The van der Waals surface area contributed by atoms with Gasteiger partial charge in [0, 0.05) is 35.9 Å². The van der Waals surface area contributed by atoms with E-state index in [1.807, 2.05) is 75.4 Å². The molecular formula is C40H49N5O8S. The van der Waals surface area contributed by atoms with Crippen LogP contribution in [0.15, 0.2) is 54.6 Å². The van der Waals surface area contributed by atoms with Gasteiger partial charge in [0.25, 0.3) is 5.91 Å². The van der Waals surface area contributed by atoms with Gasteiger partial charge >= 0.3 is 0 Å². The van der Waals surface area contributed by atoms with Gasteiger partial charge in [0.1, 0.15) is 35.2 Å². The number of fused-ring (bicyclic) bond motifs is 1. The summed E-state index contributed by atoms with van der Waals surface area (Å²) in [5.41, 5.74) is 0.759. The normalized spacial score (nSPS) is 24.2. The van der Waals surface area contributed by atoms with Gasteiger partial charge in [-0.1, -0.05) is 57.5 Å². The molecule has 54 heavy (non-hydrogen) atoms. The first-order valence-corrected chi connectivity index (χ1v) is 20.5. The Morgan fingerprint density at radius 2 is 1.76 bits per heavy atom. The molecule has 14 heteroatoms. The van der Waals surface area contributed by atoms with Crippen LogP contribution in [-0.2, 0) is 29.2 Å². The fraction of sp³-hybridized carbons (Fsp3) is 0.525. The molecule has 1 aromatic heterocycles. The van der Waals surface area contributed by atoms with E-state index in [-0.39, 0.29) is 37.1 Å². The molecule has 0 radical (unpaired) electrons. The number of hydrogen-bond donors (Lipinski definition) is 3. The van der Waals surface area contributed by atoms with Crippen LogP contribution in [0.1, 0.15) is 72.1 Å². The third-order valence-corrected chi connectivity index (χ3v) is 13.0. The number of pyridine rings is 1. The molecule has 13 nitrogen and oxygen atoms in total. The first-order chi connectivity index (χ1) is 25.8. The molecule has 3 aliphatic carbocycles. The van der Waals surface area contributed by atoms with E-state index in [4.69, 9.17) is 14.5 Å². The summed E-state index contributed by atoms with van der Waals surface area (Å²) >= 11 is 0. The van der Waals surface area contributed by atoms with Gasteiger partial charge < -0.3 is 25.0 Å². The highest BCUT2D eigenvalue weighted by Gasteiger charge is 2.62. The minimum Gasteiger partial charge on any atom is -0.497 e. The lowest BCUT2D eigenvalue weighted by Gasteiger charge is -2.31. The highest BCUT2D eigenvalue weighted by molar-refractivity contribution is 7.91. The predicted octanol–water partition coefficient (Wildman–Crippen LogP) is 4.09. The van der Waals surface area contributed by atoms with Crippen molar-refractivity contribution in [1.82, 2.24) is 25.2 Å². The molecule has 2 heterocycles. The molecule has 288 valence electrons. The maximum Gasteiger partial charge on any atom is 0.259 e. The molecule has 4 aliphatic rings. The average molecular weight is 760 g/mol. The second-order valence-electron chi connectivity index (χ2n) is 15.6. The van der Waals surface area contributed by atoms with E-state index in [1.165, 1.54) is 4.90 Å². The van der Waals surface area contributed by atoms with Crippen molar-refractivity contribution in [1.29, 1.82) is 0 Å². The fourth-order valence-electron chi connectivity index (χ4n) is 7.52. The number of likely N-dealkylation sites (tertiary alicyclic amines) is 1. The summed E-state index contributed by atoms with van der Waals surface area (Å²) in [6.07, 6.45) is 3.55. The summed E-state index contributed by atoms with van der Waals surface area (Å²) in [6, 6.07) is 15.0. The van der Waals surface area contributed by atoms with E-state index in [2.05, 4.69) is 15.4 Å². The summed E-state index contributed by atoms with van der Waals surface area (Å²) in [4.78, 5) is 61.7. The monoisotopic (exact) mass is 759 g/mol. The van der Waals surface area contributed by atoms with Crippen LogP contribution in [0.2, 0.25) is 0 Å². The van der Waals surface area contributed by atoms with Gasteiger partial charge in [-0.3, -0.25) is 23.9 Å². The van der Waals surface area contributed by atoms with E-state index in [9.17, 15) is 27.6 Å². The smallest absolute Gasteiger partial charge is 0.259 e. The molecule has 4 amide bonds. The highest BCUT2D eigenvalue weighted by Crippen LogP contribution is 2.47. The SMILES string of the molecule is CCC1C[C@]1(NC(=O)[C@@H]1C[C@@H](Oc2cc(-c3ccccc3)nc3cc(OC)ccc23)CN1C(=O)[C@@H](NC(=O)CC1CC1)C(C)C)C(=O)NS(=O)(=O)C1CC1. The van der Waals surface area contributed by atoms with E-state index in [0.717, 1.165) is 18.4 Å². The maximum absolute atomic E-state index is 14.5. The van der Waals surface area contributed by atoms with Crippen LogP contribution in [0.4, 0.5) is 0 Å². The van der Waals surface area contributed by atoms with E-state index in [0.29, 0.717) is 59.7 Å². The summed E-state index contributed by atoms with van der Waals surface area (Å²) in [5.74, 6) is -1.06. The van der Waals surface area contributed by atoms with Crippen LogP contribution >= 0.6 is 0 Å². The van der Waals surface area contributed by atoms with E-state index < -0.39 is 56.7 Å². The molecule has 1 aliphatic heterocycles. The number of methoxy groups -OCH3 is 1. The van der Waals surface area contributed by atoms with Crippen LogP contribution in [0, 0.1) is 17.8 Å². The van der Waals surface area contributed by atoms with Crippen LogP contribution in [-0.4, -0.2) is 84.6 Å². The number of sulfonamides is 1. The quantitative estimate of drug-likeness (QED) is 0.206. The molecule has 3 N–H and O–H groups in total. The average Bonchev–Trinajstić information content (AvgIpc) is 4.05. The van der Waals surface area contributed by atoms with Gasteiger partial charge in [0.2, 0.25) is 27.7 Å². The number of hydrogen-bond acceptors (Lipinski definition) is 9. The first-order valence-electron chi connectivity index (χ1n) is 19.0. The van der Waals surface area contributed by atoms with Gasteiger partial charge in [0.05, 0.1) is 30.1 Å². The zero-order valence-corrected chi connectivity index (χ0v) is 32.0. The van der Waals surface area contributed by atoms with Crippen LogP contribution in [0.25, 0.3) is 22.2 Å². The lowest BCUT2D eigenvalue weighted by atomic mass is 10.0. The molecule has 7 rings (SSSR count). The van der Waals surface area contributed by atoms with E-state index >= 15 is 0 Å². The third kappa shape index (κ3) is 7.89. The second-order valence-corrected chi connectivity index (χ2v) is 17.6. The Kier molecular flexibility index (Phi) is 10.3. The van der Waals surface area contributed by atoms with Crippen molar-refractivity contribution in [3.63, 3.8) is 0 Å². The van der Waals surface area contributed by atoms with E-state index in [1.54, 1.807) is 7.11 Å². The van der Waals surface area contributed by atoms with Crippen molar-refractivity contribution in [2.45, 2.75) is 101 Å². The molecule has 3 aromatic rings. The Labute approximate surface area is 316 Å². The topological polar surface area (TPSA) is 173 Å². The molecule has 4 fully saturated rings. The van der Waals surface area contributed by atoms with Crippen LogP contribution < -0.4 is 24.8 Å². The Bertz CT molecular complexity index is 2050. The zero-order valence-electron chi connectivity index (χ0n) is 31.2. The lowest BCUT2D eigenvalue weighted by Crippen LogP contribution is -2.59. The minimum absolute atomic E-state index is 0.0335. The maximum atomic E-state index is 14.5. The molecule has 1 saturated heterocycles. The van der Waals surface area contributed by atoms with Crippen molar-refractivity contribution < 1.29 is 37.1 Å². The molecule has 3 saturated carbocycles. The van der Waals surface area contributed by atoms with Crippen molar-refractivity contribution >= 4 is 44.6 Å². The van der Waals surface area contributed by atoms with Gasteiger partial charge in [-0.25, -0.2) is 13.4 Å². The van der Waals surface area contributed by atoms with Gasteiger partial charge in [-0.15, -0.1) is 0 Å². The van der Waals surface area contributed by atoms with Gasteiger partial charge in [0.15, 0.2) is 0 Å². The van der Waals surface area contributed by atoms with Crippen molar-refractivity contribution in [2.24, 2.45) is 17.8 Å². The molecular weight excluding hydrogens is 711 g/mol. The highest BCUT2D eigenvalue weighted by atomic mass is 32.2. The molecule has 5 atom stereocenters.